The number of aliphatic hydroxyl groups excluding tert-OH is 3. The highest BCUT2D eigenvalue weighted by Crippen LogP contribution is 2.85. The number of hydrogen-bond donors (Lipinski definition) is 7. The molecule has 20 atom stereocenters. The fourth-order valence-corrected chi connectivity index (χ4v) is 25.8. The van der Waals surface area contributed by atoms with Gasteiger partial charge in [-0.25, -0.2) is 0 Å². The molecule has 0 unspecified atom stereocenters. The lowest BCUT2D eigenvalue weighted by Gasteiger charge is -2.72. The first-order valence-corrected chi connectivity index (χ1v) is 34.7. The molecule has 10 fully saturated rings. The number of nitrogens with one attached hydrogen (secondary N) is 1. The topological polar surface area (TPSA) is 195 Å². The number of epoxide rings is 1. The van der Waals surface area contributed by atoms with Gasteiger partial charge in [0, 0.05) is 59.0 Å². The number of ketones is 1. The van der Waals surface area contributed by atoms with E-state index in [4.69, 9.17) is 15.2 Å². The van der Waals surface area contributed by atoms with Crippen molar-refractivity contribution in [2.75, 3.05) is 26.4 Å². The minimum atomic E-state index is -1.45. The van der Waals surface area contributed by atoms with Crippen molar-refractivity contribution in [3.63, 3.8) is 0 Å². The Labute approximate surface area is 512 Å². The van der Waals surface area contributed by atoms with Gasteiger partial charge < -0.3 is 50.9 Å². The highest BCUT2D eigenvalue weighted by Gasteiger charge is 2.83. The SMILES string of the molecule is C[C@H]1CCO[C@]([C@H]2CC[C@@]3(O)C4=CC(=O)[C@@H]5C[C@@H](O)C[C@]67[C@@H]8C#CCc9ccccc9CC[C@H](C[C@]23C)[C@@H]4[C@]56CC([C@]2(CO)C[C@@H](C=O)CC23CCCC3)=C[C@H]7C[C@@]82CCC3(CCCC3)C2)([C@H]2O[C@@H]2[C@](C)(O)[C@](C)(CO)CCC2=CCNC(N)=C2)C1. The van der Waals surface area contributed by atoms with Crippen LogP contribution in [-0.2, 0) is 31.9 Å². The number of aliphatic hydroxyl groups is 5. The van der Waals surface area contributed by atoms with E-state index in [1.165, 1.54) is 55.1 Å². The van der Waals surface area contributed by atoms with Crippen molar-refractivity contribution in [1.29, 1.82) is 0 Å². The quantitative estimate of drug-likeness (QED) is 0.0482. The van der Waals surface area contributed by atoms with Crippen LogP contribution in [0.5, 0.6) is 0 Å². The summed E-state index contributed by atoms with van der Waals surface area (Å²) in [4.78, 5) is 29.9. The van der Waals surface area contributed by atoms with Crippen LogP contribution in [-0.4, -0.2) is 99.1 Å². The van der Waals surface area contributed by atoms with Gasteiger partial charge >= 0.3 is 0 Å². The van der Waals surface area contributed by atoms with Gasteiger partial charge in [-0.3, -0.25) is 4.79 Å². The van der Waals surface area contributed by atoms with Crippen molar-refractivity contribution in [3.05, 3.63) is 82.2 Å². The predicted molar refractivity (Wildman–Crippen MR) is 330 cm³/mol. The standard InChI is InChI=1S/C75H102N2O9/c1-47-21-31-85-74(36-47,64-63(86-64)67(4,83)65(2,45-79)26-18-48-20-30-77-61(76)32-48)59-19-27-75(84)57-35-58(82)56-34-55(81)42-72-54-33-53(71(46-80)38-49(43-78)37-70(71)24-9-10-25-70)41-73(56,72)62(57)52(39-66(59,75)3)17-16-51-13-6-5-12-50(51)14-11-15-60(72)69(40-54)29-28-68(44-69)22-7-8-23-68/h5-6,12-13,20,32-33,35,43,47,49,52,54-56,59-60,62-64,77,79-81,83-84H,7-10,14,16-19,21-31,34,36-42,44-46,76H2,1-4H3/t47-,49-,52+,54-,55+,56-,59-,60+,62-,63-,64-,65-,66+,67-,69+,71+,72-,73-,74+,75+/m0/s1. The third kappa shape index (κ3) is 7.89. The summed E-state index contributed by atoms with van der Waals surface area (Å²) < 4.78 is 14.5. The number of allylic oxidation sites excluding steroid dienone is 4. The van der Waals surface area contributed by atoms with Crippen LogP contribution in [0.3, 0.4) is 0 Å². The summed E-state index contributed by atoms with van der Waals surface area (Å²) in [5.41, 5.74) is 4.57. The van der Waals surface area contributed by atoms with Crippen LogP contribution in [0.1, 0.15) is 199 Å². The number of aldehydes is 1. The number of ether oxygens (including phenoxy) is 2. The Morgan fingerprint density at radius 3 is 2.43 bits per heavy atom. The maximum absolute atomic E-state index is 16.6. The number of aryl methyl sites for hydroxylation is 1. The van der Waals surface area contributed by atoms with Crippen molar-refractivity contribution in [3.8, 4) is 11.8 Å². The van der Waals surface area contributed by atoms with Gasteiger partial charge in [0.25, 0.3) is 0 Å². The average molecular weight is 1180 g/mol. The Balaban J connectivity index is 0.908. The third-order valence-electron chi connectivity index (χ3n) is 29.7. The Hall–Kier alpha value is -3.60. The molecular formula is C75H102N2O9. The zero-order valence-corrected chi connectivity index (χ0v) is 52.4. The fourth-order valence-electron chi connectivity index (χ4n) is 25.8. The van der Waals surface area contributed by atoms with E-state index in [0.29, 0.717) is 89.6 Å². The maximum atomic E-state index is 16.6. The lowest BCUT2D eigenvalue weighted by molar-refractivity contribution is -0.227. The molecule has 8 saturated carbocycles. The first kappa shape index (κ1) is 58.8. The summed E-state index contributed by atoms with van der Waals surface area (Å²) in [6.07, 6.45) is 31.5. The molecule has 11 aliphatic carbocycles. The highest BCUT2D eigenvalue weighted by molar-refractivity contribution is 5.95. The smallest absolute Gasteiger partial charge is 0.159 e. The number of nitrogens with two attached hydrogens (primary N) is 1. The molecule has 466 valence electrons. The van der Waals surface area contributed by atoms with E-state index in [1.54, 1.807) is 0 Å². The van der Waals surface area contributed by atoms with Crippen LogP contribution in [0.2, 0.25) is 0 Å². The Kier molecular flexibility index (Phi) is 13.8. The molecule has 0 aromatic heterocycles. The number of benzene rings is 1. The van der Waals surface area contributed by atoms with E-state index in [2.05, 4.69) is 67.4 Å². The summed E-state index contributed by atoms with van der Waals surface area (Å²) in [5, 5.41) is 68.2. The normalized spacial score (nSPS) is 47.0. The molecule has 1 aromatic rings. The van der Waals surface area contributed by atoms with Crippen molar-refractivity contribution in [2.24, 2.45) is 96.4 Å². The number of carbonyl (C=O) groups excluding carboxylic acids is 2. The van der Waals surface area contributed by atoms with Gasteiger partial charge in [0.15, 0.2) is 5.78 Å². The van der Waals surface area contributed by atoms with E-state index in [1.807, 2.05) is 26.0 Å². The van der Waals surface area contributed by atoms with E-state index in [-0.39, 0.29) is 76.7 Å². The van der Waals surface area contributed by atoms with Gasteiger partial charge in [0.1, 0.15) is 24.1 Å². The molecular weight excluding hydrogens is 1070 g/mol. The summed E-state index contributed by atoms with van der Waals surface area (Å²) in [7, 11) is 0. The van der Waals surface area contributed by atoms with E-state index < -0.39 is 68.1 Å². The molecule has 11 nitrogen and oxygen atoms in total. The first-order chi connectivity index (χ1) is 41.2. The van der Waals surface area contributed by atoms with Gasteiger partial charge in [0.2, 0.25) is 0 Å². The van der Waals surface area contributed by atoms with E-state index >= 15 is 4.79 Å². The second-order valence-corrected chi connectivity index (χ2v) is 33.2. The lowest BCUT2D eigenvalue weighted by atomic mass is 9.31. The van der Waals surface area contributed by atoms with Crippen molar-refractivity contribution in [1.82, 2.24) is 5.32 Å². The molecule has 1 aromatic carbocycles. The highest BCUT2D eigenvalue weighted by atomic mass is 16.6. The number of hydrogen-bond acceptors (Lipinski definition) is 11. The molecule has 3 aliphatic heterocycles. The third-order valence-corrected chi connectivity index (χ3v) is 29.7. The van der Waals surface area contributed by atoms with Gasteiger partial charge in [-0.05, 0) is 234 Å². The van der Waals surface area contributed by atoms with E-state index in [0.717, 1.165) is 81.8 Å². The number of carbonyl (C=O) groups is 2. The molecule has 2 saturated heterocycles. The van der Waals surface area contributed by atoms with Gasteiger partial charge in [-0.2, -0.15) is 0 Å². The van der Waals surface area contributed by atoms with Gasteiger partial charge in [-0.15, -0.1) is 0 Å². The Bertz CT molecular complexity index is 3120. The number of rotatable bonds is 11. The second-order valence-electron chi connectivity index (χ2n) is 33.2. The van der Waals surface area contributed by atoms with Crippen molar-refractivity contribution < 1.29 is 44.6 Å². The molecule has 8 N–H and O–H groups in total. The van der Waals surface area contributed by atoms with Crippen LogP contribution in [0.15, 0.2) is 71.1 Å². The fraction of sp³-hybridized carbons (Fsp3) is 0.760. The lowest BCUT2D eigenvalue weighted by Crippen LogP contribution is -2.71. The summed E-state index contributed by atoms with van der Waals surface area (Å²) >= 11 is 0. The zero-order valence-electron chi connectivity index (χ0n) is 52.4. The van der Waals surface area contributed by atoms with Crippen LogP contribution < -0.4 is 11.1 Å². The van der Waals surface area contributed by atoms with Crippen molar-refractivity contribution >= 4 is 12.1 Å². The minimum Gasteiger partial charge on any atom is -0.396 e. The van der Waals surface area contributed by atoms with Gasteiger partial charge in [-0.1, -0.05) is 100 Å². The molecule has 15 rings (SSSR count). The molecule has 14 aliphatic rings. The number of fused-ring (bicyclic) bond motifs is 4. The number of dihydropyridines is 1. The van der Waals surface area contributed by atoms with Gasteiger partial charge in [0.05, 0.1) is 36.3 Å². The van der Waals surface area contributed by atoms with Crippen LogP contribution in [0.25, 0.3) is 0 Å². The van der Waals surface area contributed by atoms with Crippen LogP contribution in [0.4, 0.5) is 0 Å². The predicted octanol–water partition coefficient (Wildman–Crippen LogP) is 10.9. The second kappa shape index (κ2) is 20.2. The molecule has 86 heavy (non-hydrogen) atoms. The molecule has 5 spiro atoms. The molecule has 11 heteroatoms. The Morgan fingerprint density at radius 1 is 0.907 bits per heavy atom. The maximum Gasteiger partial charge on any atom is 0.159 e. The molecule has 0 amide bonds. The molecule has 0 radical (unpaired) electrons. The average Bonchev–Trinajstić information content (AvgIpc) is 1.27. The van der Waals surface area contributed by atoms with E-state index in [9.17, 15) is 30.3 Å². The van der Waals surface area contributed by atoms with Crippen LogP contribution >= 0.6 is 0 Å². The monoisotopic (exact) mass is 1170 g/mol. The van der Waals surface area contributed by atoms with Crippen LogP contribution in [0, 0.1) is 103 Å². The summed E-state index contributed by atoms with van der Waals surface area (Å²) in [6, 6.07) is 8.95. The Morgan fingerprint density at radius 2 is 1.69 bits per heavy atom. The first-order valence-electron chi connectivity index (χ1n) is 34.7. The largest absolute Gasteiger partial charge is 0.396 e. The summed E-state index contributed by atoms with van der Waals surface area (Å²) in [6.45, 7) is 9.41. The summed E-state index contributed by atoms with van der Waals surface area (Å²) in [5.74, 6) is 8.06. The zero-order chi connectivity index (χ0) is 59.7. The molecule has 3 heterocycles. The molecule has 0 bridgehead atoms. The minimum absolute atomic E-state index is 0.00763. The van der Waals surface area contributed by atoms with Crippen molar-refractivity contribution in [2.45, 2.75) is 236 Å².